The lowest BCUT2D eigenvalue weighted by atomic mass is 10.1. The maximum atomic E-state index is 12.7. The molecule has 1 aliphatic rings. The Morgan fingerprint density at radius 1 is 1.24 bits per heavy atom. The average molecular weight is 307 g/mol. The third-order valence-corrected chi connectivity index (χ3v) is 5.34. The Hall–Kier alpha value is -1.49. The third-order valence-electron chi connectivity index (χ3n) is 3.85. The number of thioether (sulfide) groups is 1. The summed E-state index contributed by atoms with van der Waals surface area (Å²) in [5.74, 6) is -1.03. The molecule has 0 spiro atoms. The SMILES string of the molecule is Cc1ccc(SC2(C(=O)N(C)CC(=O)O)CCCC2)cc1. The van der Waals surface area contributed by atoms with E-state index in [2.05, 4.69) is 0 Å². The van der Waals surface area contributed by atoms with Gasteiger partial charge in [-0.2, -0.15) is 0 Å². The van der Waals surface area contributed by atoms with Crippen molar-refractivity contribution in [3.05, 3.63) is 29.8 Å². The summed E-state index contributed by atoms with van der Waals surface area (Å²) in [5.41, 5.74) is 1.19. The number of benzene rings is 1. The minimum Gasteiger partial charge on any atom is -0.480 e. The molecule has 0 heterocycles. The molecule has 1 amide bonds. The van der Waals surface area contributed by atoms with Gasteiger partial charge in [0, 0.05) is 11.9 Å². The fraction of sp³-hybridized carbons (Fsp3) is 0.500. The van der Waals surface area contributed by atoms with Crippen molar-refractivity contribution in [1.82, 2.24) is 4.90 Å². The molecule has 0 radical (unpaired) electrons. The van der Waals surface area contributed by atoms with E-state index in [1.54, 1.807) is 18.8 Å². The number of rotatable bonds is 5. The first-order valence-electron chi connectivity index (χ1n) is 7.16. The summed E-state index contributed by atoms with van der Waals surface area (Å²) in [7, 11) is 1.58. The number of aryl methyl sites for hydroxylation is 1. The highest BCUT2D eigenvalue weighted by atomic mass is 32.2. The fourth-order valence-corrected chi connectivity index (χ4v) is 4.22. The number of carboxylic acids is 1. The second-order valence-electron chi connectivity index (χ2n) is 5.67. The van der Waals surface area contributed by atoms with Crippen LogP contribution >= 0.6 is 11.8 Å². The van der Waals surface area contributed by atoms with Crippen LogP contribution in [0, 0.1) is 6.92 Å². The van der Waals surface area contributed by atoms with Gasteiger partial charge in [0.2, 0.25) is 5.91 Å². The van der Waals surface area contributed by atoms with Crippen LogP contribution in [-0.2, 0) is 9.59 Å². The lowest BCUT2D eigenvalue weighted by Crippen LogP contribution is -2.45. The molecule has 0 bridgehead atoms. The van der Waals surface area contributed by atoms with Crippen LogP contribution in [0.2, 0.25) is 0 Å². The highest BCUT2D eigenvalue weighted by Crippen LogP contribution is 2.46. The van der Waals surface area contributed by atoms with Crippen molar-refractivity contribution in [3.8, 4) is 0 Å². The van der Waals surface area contributed by atoms with Crippen molar-refractivity contribution in [2.75, 3.05) is 13.6 Å². The predicted molar refractivity (Wildman–Crippen MR) is 83.5 cm³/mol. The fourth-order valence-electron chi connectivity index (χ4n) is 2.76. The van der Waals surface area contributed by atoms with Gasteiger partial charge in [0.1, 0.15) is 6.54 Å². The zero-order valence-electron chi connectivity index (χ0n) is 12.5. The monoisotopic (exact) mass is 307 g/mol. The second kappa shape index (κ2) is 6.52. The summed E-state index contributed by atoms with van der Waals surface area (Å²) >= 11 is 1.59. The molecule has 0 saturated heterocycles. The van der Waals surface area contributed by atoms with E-state index in [1.807, 2.05) is 31.2 Å². The predicted octanol–water partition coefficient (Wildman–Crippen LogP) is 2.94. The van der Waals surface area contributed by atoms with Gasteiger partial charge in [-0.05, 0) is 31.9 Å². The van der Waals surface area contributed by atoms with Crippen molar-refractivity contribution in [2.45, 2.75) is 42.2 Å². The number of carbonyl (C=O) groups is 2. The first-order valence-corrected chi connectivity index (χ1v) is 7.98. The van der Waals surface area contributed by atoms with Crippen molar-refractivity contribution >= 4 is 23.6 Å². The molecule has 5 heteroatoms. The van der Waals surface area contributed by atoms with E-state index < -0.39 is 10.7 Å². The highest BCUT2D eigenvalue weighted by molar-refractivity contribution is 8.01. The molecule has 0 aliphatic heterocycles. The van der Waals surface area contributed by atoms with E-state index in [0.717, 1.165) is 30.6 Å². The molecule has 1 fully saturated rings. The Morgan fingerprint density at radius 3 is 2.33 bits per heavy atom. The summed E-state index contributed by atoms with van der Waals surface area (Å²) in [5, 5.41) is 8.88. The Labute approximate surface area is 129 Å². The van der Waals surface area contributed by atoms with Crippen LogP contribution in [0.1, 0.15) is 31.2 Å². The molecule has 1 aromatic rings. The minimum atomic E-state index is -0.973. The van der Waals surface area contributed by atoms with Gasteiger partial charge >= 0.3 is 5.97 Å². The number of carboxylic acid groups (broad SMARTS) is 1. The number of nitrogens with zero attached hydrogens (tertiary/aromatic N) is 1. The van der Waals surface area contributed by atoms with Crippen LogP contribution in [0.3, 0.4) is 0 Å². The van der Waals surface area contributed by atoms with Gasteiger partial charge in [-0.25, -0.2) is 0 Å². The van der Waals surface area contributed by atoms with Gasteiger partial charge < -0.3 is 10.0 Å². The Bertz CT molecular complexity index is 521. The number of carbonyl (C=O) groups excluding carboxylic acids is 1. The van der Waals surface area contributed by atoms with Crippen molar-refractivity contribution in [2.24, 2.45) is 0 Å². The van der Waals surface area contributed by atoms with Gasteiger partial charge in [0.15, 0.2) is 0 Å². The van der Waals surface area contributed by atoms with Crippen LogP contribution in [0.15, 0.2) is 29.2 Å². The van der Waals surface area contributed by atoms with Crippen molar-refractivity contribution in [3.63, 3.8) is 0 Å². The lowest BCUT2D eigenvalue weighted by Gasteiger charge is -2.31. The first kappa shape index (κ1) is 15.9. The van der Waals surface area contributed by atoms with E-state index in [0.29, 0.717) is 0 Å². The summed E-state index contributed by atoms with van der Waals surface area (Å²) in [4.78, 5) is 26.0. The maximum Gasteiger partial charge on any atom is 0.323 e. The van der Waals surface area contributed by atoms with Crippen molar-refractivity contribution < 1.29 is 14.7 Å². The van der Waals surface area contributed by atoms with E-state index in [9.17, 15) is 9.59 Å². The van der Waals surface area contributed by atoms with Crippen LogP contribution in [-0.4, -0.2) is 40.2 Å². The zero-order valence-corrected chi connectivity index (χ0v) is 13.3. The standard InChI is InChI=1S/C16H21NO3S/c1-12-5-7-13(8-6-12)21-16(9-3-4-10-16)15(20)17(2)11-14(18)19/h5-8H,3-4,9-11H2,1-2H3,(H,18,19). The molecular weight excluding hydrogens is 286 g/mol. The Balaban J connectivity index is 2.18. The number of amides is 1. The van der Waals surface area contributed by atoms with E-state index in [-0.39, 0.29) is 12.5 Å². The lowest BCUT2D eigenvalue weighted by molar-refractivity contribution is -0.144. The normalized spacial score (nSPS) is 16.7. The van der Waals surface area contributed by atoms with Crippen LogP contribution < -0.4 is 0 Å². The number of aliphatic carboxylic acids is 1. The van der Waals surface area contributed by atoms with Crippen LogP contribution in [0.4, 0.5) is 0 Å². The molecule has 114 valence electrons. The van der Waals surface area contributed by atoms with Gasteiger partial charge in [-0.1, -0.05) is 30.5 Å². The van der Waals surface area contributed by atoms with Gasteiger partial charge in [0.25, 0.3) is 0 Å². The summed E-state index contributed by atoms with van der Waals surface area (Å²) in [6, 6.07) is 8.14. The molecule has 0 atom stereocenters. The quantitative estimate of drug-likeness (QED) is 0.908. The van der Waals surface area contributed by atoms with Crippen molar-refractivity contribution in [1.29, 1.82) is 0 Å². The summed E-state index contributed by atoms with van der Waals surface area (Å²) < 4.78 is -0.501. The highest BCUT2D eigenvalue weighted by Gasteiger charge is 2.44. The molecule has 0 unspecified atom stereocenters. The molecule has 0 aromatic heterocycles. The molecule has 21 heavy (non-hydrogen) atoms. The average Bonchev–Trinajstić information content (AvgIpc) is 2.89. The molecule has 1 aliphatic carbocycles. The van der Waals surface area contributed by atoms with Crippen LogP contribution in [0.5, 0.6) is 0 Å². The minimum absolute atomic E-state index is 0.0621. The smallest absolute Gasteiger partial charge is 0.323 e. The van der Waals surface area contributed by atoms with Gasteiger partial charge in [-0.3, -0.25) is 9.59 Å². The van der Waals surface area contributed by atoms with E-state index in [4.69, 9.17) is 5.11 Å². The molecule has 1 aromatic carbocycles. The largest absolute Gasteiger partial charge is 0.480 e. The molecule has 1 saturated carbocycles. The Morgan fingerprint density at radius 2 is 1.81 bits per heavy atom. The third kappa shape index (κ3) is 3.79. The number of hydrogen-bond acceptors (Lipinski definition) is 3. The van der Waals surface area contributed by atoms with Crippen LogP contribution in [0.25, 0.3) is 0 Å². The van der Waals surface area contributed by atoms with Gasteiger partial charge in [0.05, 0.1) is 4.75 Å². The zero-order chi connectivity index (χ0) is 15.5. The van der Waals surface area contributed by atoms with E-state index in [1.165, 1.54) is 10.5 Å². The summed E-state index contributed by atoms with van der Waals surface area (Å²) in [6.45, 7) is 1.79. The van der Waals surface area contributed by atoms with Gasteiger partial charge in [-0.15, -0.1) is 11.8 Å². The molecule has 1 N–H and O–H groups in total. The number of hydrogen-bond donors (Lipinski definition) is 1. The molecular formula is C16H21NO3S. The second-order valence-corrected chi connectivity index (χ2v) is 7.13. The molecule has 4 nitrogen and oxygen atoms in total. The van der Waals surface area contributed by atoms with E-state index >= 15 is 0 Å². The summed E-state index contributed by atoms with van der Waals surface area (Å²) in [6.07, 6.45) is 3.67. The molecule has 2 rings (SSSR count). The maximum absolute atomic E-state index is 12.7. The Kier molecular flexibility index (Phi) is 4.93. The topological polar surface area (TPSA) is 57.6 Å². The first-order chi connectivity index (χ1) is 9.93. The number of likely N-dealkylation sites (N-methyl/N-ethyl adjacent to an activating group) is 1.